The molecule has 2 aliphatic carbocycles. The Bertz CT molecular complexity index is 1800. The summed E-state index contributed by atoms with van der Waals surface area (Å²) >= 11 is 0. The van der Waals surface area contributed by atoms with Crippen LogP contribution in [0, 0.1) is 0 Å². The van der Waals surface area contributed by atoms with Gasteiger partial charge in [-0.05, 0) is 67.4 Å². The highest BCUT2D eigenvalue weighted by Crippen LogP contribution is 2.33. The number of fused-ring (bicyclic) bond motifs is 1. The summed E-state index contributed by atoms with van der Waals surface area (Å²) in [5, 5.41) is 24.4. The van der Waals surface area contributed by atoms with Crippen LogP contribution in [-0.2, 0) is 22.4 Å². The maximum atomic E-state index is 14.4. The van der Waals surface area contributed by atoms with Gasteiger partial charge in [0.1, 0.15) is 11.9 Å². The molecule has 0 saturated heterocycles. The van der Waals surface area contributed by atoms with E-state index >= 15 is 0 Å². The molecule has 4 aromatic rings. The van der Waals surface area contributed by atoms with Gasteiger partial charge in [-0.2, -0.15) is 10.1 Å². The maximum absolute atomic E-state index is 14.4. The lowest BCUT2D eigenvalue weighted by Crippen LogP contribution is -2.35. The van der Waals surface area contributed by atoms with Gasteiger partial charge in [0.15, 0.2) is 5.84 Å². The molecule has 0 bridgehead atoms. The molecule has 0 amide bonds. The molecular weight excluding hydrogens is 572 g/mol. The number of amidine groups is 1. The molecule has 1 fully saturated rings. The fourth-order valence-corrected chi connectivity index (χ4v) is 6.44. The summed E-state index contributed by atoms with van der Waals surface area (Å²) in [6.45, 7) is 2.44. The normalized spacial score (nSPS) is 22.0. The van der Waals surface area contributed by atoms with E-state index in [9.17, 15) is 15.0 Å². The number of aliphatic hydroxyl groups excluding tert-OH is 1. The topological polar surface area (TPSA) is 136 Å². The van der Waals surface area contributed by atoms with Gasteiger partial charge in [-0.1, -0.05) is 61.9 Å². The lowest BCUT2D eigenvalue weighted by molar-refractivity contribution is -0.102. The van der Waals surface area contributed by atoms with Crippen molar-refractivity contribution in [3.63, 3.8) is 0 Å². The average Bonchev–Trinajstić information content (AvgIpc) is 3.38. The van der Waals surface area contributed by atoms with E-state index in [1.165, 1.54) is 0 Å². The highest BCUT2D eigenvalue weighted by molar-refractivity contribution is 6.04. The number of ether oxygens (including phenoxy) is 1. The Morgan fingerprint density at radius 2 is 1.82 bits per heavy atom. The molecule has 0 radical (unpaired) electrons. The zero-order valence-corrected chi connectivity index (χ0v) is 25.3. The molecule has 3 heterocycles. The van der Waals surface area contributed by atoms with Gasteiger partial charge in [0.2, 0.25) is 5.78 Å². The van der Waals surface area contributed by atoms with E-state index in [1.807, 2.05) is 45.5 Å². The highest BCUT2D eigenvalue weighted by atomic mass is 16.7. The Kier molecular flexibility index (Phi) is 8.09. The van der Waals surface area contributed by atoms with Gasteiger partial charge in [0.25, 0.3) is 12.0 Å². The van der Waals surface area contributed by atoms with Gasteiger partial charge in [-0.3, -0.25) is 9.36 Å². The first kappa shape index (κ1) is 29.5. The van der Waals surface area contributed by atoms with Crippen molar-refractivity contribution in [2.24, 2.45) is 4.99 Å². The fraction of sp³-hybridized carbons (Fsp3) is 0.412. The van der Waals surface area contributed by atoms with Crippen molar-refractivity contribution in [2.75, 3.05) is 6.61 Å². The summed E-state index contributed by atoms with van der Waals surface area (Å²) in [5.74, 6) is 1.07. The zero-order valence-electron chi connectivity index (χ0n) is 25.3. The van der Waals surface area contributed by atoms with E-state index in [0.717, 1.165) is 78.5 Å². The number of aryl methyl sites for hydroxylation is 1. The third kappa shape index (κ3) is 6.08. The van der Waals surface area contributed by atoms with Crippen LogP contribution in [0.2, 0.25) is 0 Å². The van der Waals surface area contributed by atoms with Crippen molar-refractivity contribution < 1.29 is 19.8 Å². The van der Waals surface area contributed by atoms with E-state index in [-0.39, 0.29) is 17.7 Å². The number of unbranched alkanes of at least 4 members (excludes halogenated alkanes) is 1. The summed E-state index contributed by atoms with van der Waals surface area (Å²) in [6, 6.07) is 16.0. The molecule has 3 N–H and O–H groups in total. The lowest BCUT2D eigenvalue weighted by atomic mass is 9.92. The lowest BCUT2D eigenvalue weighted by Gasteiger charge is -2.31. The van der Waals surface area contributed by atoms with E-state index in [4.69, 9.17) is 9.57 Å². The van der Waals surface area contributed by atoms with Crippen LogP contribution in [0.4, 0.5) is 0 Å². The predicted octanol–water partition coefficient (Wildman–Crippen LogP) is 3.85. The van der Waals surface area contributed by atoms with Crippen LogP contribution in [0.5, 0.6) is 0 Å². The molecule has 1 aliphatic heterocycles. The summed E-state index contributed by atoms with van der Waals surface area (Å²) in [7, 11) is 0. The molecule has 11 heteroatoms. The van der Waals surface area contributed by atoms with E-state index in [1.54, 1.807) is 18.5 Å². The number of benzene rings is 2. The molecule has 7 rings (SSSR count). The minimum atomic E-state index is -1.23. The van der Waals surface area contributed by atoms with Gasteiger partial charge >= 0.3 is 0 Å². The predicted molar refractivity (Wildman–Crippen MR) is 169 cm³/mol. The summed E-state index contributed by atoms with van der Waals surface area (Å²) in [5.41, 5.74) is 7.29. The second-order valence-electron chi connectivity index (χ2n) is 12.2. The number of hydrogen-bond acceptors (Lipinski definition) is 9. The Labute approximate surface area is 260 Å². The third-order valence-electron chi connectivity index (χ3n) is 9.03. The first-order valence-corrected chi connectivity index (χ1v) is 15.8. The SMILES string of the molecule is CCCCc1c(Cc2ccc(-c3ccccc3C3=NC(O)ON3)cc2)c(=O)n(C2CCC(OCC3(O)C=C3)CC2)c2ncnn12. The second-order valence-corrected chi connectivity index (χ2v) is 12.2. The van der Waals surface area contributed by atoms with Crippen LogP contribution in [-0.4, -0.2) is 59.9 Å². The molecule has 2 aromatic heterocycles. The Balaban J connectivity index is 1.17. The van der Waals surface area contributed by atoms with Crippen molar-refractivity contribution in [3.8, 4) is 11.1 Å². The first-order chi connectivity index (χ1) is 21.9. The average molecular weight is 611 g/mol. The summed E-state index contributed by atoms with van der Waals surface area (Å²) < 4.78 is 9.72. The number of aromatic nitrogens is 4. The molecule has 1 atom stereocenters. The van der Waals surface area contributed by atoms with Crippen LogP contribution in [0.25, 0.3) is 16.9 Å². The number of nitrogens with one attached hydrogen (secondary N) is 1. The molecule has 2 aromatic carbocycles. The number of aliphatic imine (C=N–C) groups is 1. The maximum Gasteiger partial charge on any atom is 0.280 e. The van der Waals surface area contributed by atoms with Crippen LogP contribution in [0.1, 0.15) is 73.9 Å². The molecule has 45 heavy (non-hydrogen) atoms. The van der Waals surface area contributed by atoms with Crippen LogP contribution < -0.4 is 11.0 Å². The third-order valence-corrected chi connectivity index (χ3v) is 9.03. The van der Waals surface area contributed by atoms with Crippen molar-refractivity contribution >= 4 is 11.6 Å². The molecule has 1 saturated carbocycles. The molecule has 1 unspecified atom stereocenters. The van der Waals surface area contributed by atoms with E-state index in [0.29, 0.717) is 24.6 Å². The first-order valence-electron chi connectivity index (χ1n) is 15.8. The molecular formula is C34H38N6O5. The Hall–Kier alpha value is -4.16. The van der Waals surface area contributed by atoms with Gasteiger partial charge < -0.3 is 14.9 Å². The van der Waals surface area contributed by atoms with Crippen LogP contribution in [0.15, 0.2) is 76.8 Å². The molecule has 11 nitrogen and oxygen atoms in total. The van der Waals surface area contributed by atoms with Crippen LogP contribution in [0.3, 0.4) is 0 Å². The van der Waals surface area contributed by atoms with E-state index in [2.05, 4.69) is 39.6 Å². The van der Waals surface area contributed by atoms with Gasteiger partial charge in [-0.25, -0.2) is 19.8 Å². The van der Waals surface area contributed by atoms with E-state index < -0.39 is 12.0 Å². The number of rotatable bonds is 11. The highest BCUT2D eigenvalue weighted by Gasteiger charge is 2.34. The largest absolute Gasteiger partial charge is 0.379 e. The summed E-state index contributed by atoms with van der Waals surface area (Å²) in [6.07, 6.45) is 10.3. The molecule has 3 aliphatic rings. The van der Waals surface area contributed by atoms with Crippen molar-refractivity contribution in [1.29, 1.82) is 0 Å². The molecule has 234 valence electrons. The van der Waals surface area contributed by atoms with Crippen molar-refractivity contribution in [2.45, 2.75) is 82.5 Å². The van der Waals surface area contributed by atoms with Crippen LogP contribution >= 0.6 is 0 Å². The summed E-state index contributed by atoms with van der Waals surface area (Å²) in [4.78, 5) is 28.1. The second kappa shape index (κ2) is 12.3. The minimum absolute atomic E-state index is 0.000706. The Morgan fingerprint density at radius 3 is 2.51 bits per heavy atom. The number of hydrogen-bond donors (Lipinski definition) is 3. The van der Waals surface area contributed by atoms with Gasteiger partial charge in [-0.15, -0.1) is 0 Å². The fourth-order valence-electron chi connectivity index (χ4n) is 6.44. The van der Waals surface area contributed by atoms with Crippen molar-refractivity contribution in [3.05, 3.63) is 99.7 Å². The number of hydroxylamine groups is 1. The quantitative estimate of drug-likeness (QED) is 0.218. The minimum Gasteiger partial charge on any atom is -0.379 e. The Morgan fingerprint density at radius 1 is 1.07 bits per heavy atom. The van der Waals surface area contributed by atoms with Crippen molar-refractivity contribution in [1.82, 2.24) is 24.6 Å². The monoisotopic (exact) mass is 610 g/mol. The number of aliphatic hydroxyl groups is 2. The number of nitrogens with zero attached hydrogens (tertiary/aromatic N) is 5. The van der Waals surface area contributed by atoms with Gasteiger partial charge in [0.05, 0.1) is 18.4 Å². The zero-order chi connectivity index (χ0) is 31.0. The standard InChI is InChI=1S/C34H38N6O5/c1-2-3-8-29-28(19-22-9-11-23(12-10-22)26-6-4-5-7-27(26)30-37-33(42)45-38-30)31(41)39(32-35-21-36-40(29)32)24-13-15-25(16-14-24)44-20-34(43)17-18-34/h4-7,9-12,17-18,21,24-25,33,42-43H,2-3,8,13-16,19-20H2,1H3,(H,37,38). The van der Waals surface area contributed by atoms with Gasteiger partial charge in [0, 0.05) is 23.6 Å². The molecule has 0 spiro atoms. The smallest absolute Gasteiger partial charge is 0.280 e.